The predicted molar refractivity (Wildman–Crippen MR) is 69.2 cm³/mol. The molecule has 0 heterocycles. The summed E-state index contributed by atoms with van der Waals surface area (Å²) >= 11 is 0. The first-order valence-electron chi connectivity index (χ1n) is 6.08. The van der Waals surface area contributed by atoms with E-state index in [1.807, 2.05) is 0 Å². The number of carboxylic acids is 1. The van der Waals surface area contributed by atoms with Crippen LogP contribution in [-0.4, -0.2) is 33.7 Å². The van der Waals surface area contributed by atoms with Gasteiger partial charge >= 0.3 is 17.9 Å². The van der Waals surface area contributed by atoms with Crippen molar-refractivity contribution >= 4 is 11.9 Å². The summed E-state index contributed by atoms with van der Waals surface area (Å²) in [5.74, 6) is -7.81. The predicted octanol–water partition coefficient (Wildman–Crippen LogP) is 2.40. The number of aliphatic hydroxyl groups excluding tert-OH is 1. The van der Waals surface area contributed by atoms with Crippen molar-refractivity contribution in [3.05, 3.63) is 35.4 Å². The van der Waals surface area contributed by atoms with Crippen molar-refractivity contribution < 1.29 is 33.3 Å². The van der Waals surface area contributed by atoms with Gasteiger partial charge in [0.1, 0.15) is 5.60 Å². The number of ether oxygens (including phenoxy) is 1. The molecule has 21 heavy (non-hydrogen) atoms. The van der Waals surface area contributed by atoms with Crippen LogP contribution in [0.25, 0.3) is 0 Å². The summed E-state index contributed by atoms with van der Waals surface area (Å²) in [4.78, 5) is 22.5. The van der Waals surface area contributed by atoms with Crippen molar-refractivity contribution in [3.8, 4) is 0 Å². The van der Waals surface area contributed by atoms with Crippen molar-refractivity contribution in [2.24, 2.45) is 0 Å². The molecule has 0 aliphatic heterocycles. The van der Waals surface area contributed by atoms with Crippen LogP contribution in [0, 0.1) is 0 Å². The molecule has 0 fully saturated rings. The van der Waals surface area contributed by atoms with Gasteiger partial charge < -0.3 is 14.9 Å². The molecule has 1 atom stereocenters. The van der Waals surface area contributed by atoms with Crippen molar-refractivity contribution in [2.75, 3.05) is 0 Å². The zero-order chi connectivity index (χ0) is 16.4. The first kappa shape index (κ1) is 17.0. The highest BCUT2D eigenvalue weighted by atomic mass is 19.3. The molecular weight excluding hydrogens is 286 g/mol. The summed E-state index contributed by atoms with van der Waals surface area (Å²) < 4.78 is 31.9. The second kappa shape index (κ2) is 5.77. The molecule has 1 unspecified atom stereocenters. The number of carboxylic acid groups (broad SMARTS) is 1. The summed E-state index contributed by atoms with van der Waals surface area (Å²) in [6.45, 7) is 4.78. The molecule has 1 aromatic rings. The number of alkyl halides is 2. The number of halogens is 2. The zero-order valence-corrected chi connectivity index (χ0v) is 11.8. The normalized spacial score (nSPS) is 13.6. The number of hydrogen-bond acceptors (Lipinski definition) is 4. The van der Waals surface area contributed by atoms with Crippen molar-refractivity contribution in [2.45, 2.75) is 38.4 Å². The minimum Gasteiger partial charge on any atom is -0.477 e. The molecule has 0 aliphatic rings. The summed E-state index contributed by atoms with van der Waals surface area (Å²) in [6.07, 6.45) is -2.65. The zero-order valence-electron chi connectivity index (χ0n) is 11.8. The van der Waals surface area contributed by atoms with E-state index in [4.69, 9.17) is 9.84 Å². The van der Waals surface area contributed by atoms with Crippen molar-refractivity contribution in [1.29, 1.82) is 0 Å². The van der Waals surface area contributed by atoms with Gasteiger partial charge in [0.05, 0.1) is 5.56 Å². The fourth-order valence-corrected chi connectivity index (χ4v) is 1.57. The molecule has 1 aromatic carbocycles. The standard InChI is InChI=1S/C14H16F2O5/c1-13(2,3)21-11(18)9-7-5-4-6-8(9)10(17)14(15,16)12(19)20/h4-7,10,17H,1-3H3,(H,19,20). The Hall–Kier alpha value is -2.02. The fourth-order valence-electron chi connectivity index (χ4n) is 1.57. The largest absolute Gasteiger partial charge is 0.477 e. The van der Waals surface area contributed by atoms with Crippen LogP contribution in [-0.2, 0) is 9.53 Å². The van der Waals surface area contributed by atoms with E-state index in [-0.39, 0.29) is 5.56 Å². The van der Waals surface area contributed by atoms with Gasteiger partial charge in [0, 0.05) is 5.56 Å². The molecule has 0 aliphatic carbocycles. The van der Waals surface area contributed by atoms with Gasteiger partial charge in [0.15, 0.2) is 6.10 Å². The Bertz CT molecular complexity index is 549. The summed E-state index contributed by atoms with van der Waals surface area (Å²) in [5.41, 5.74) is -1.66. The Morgan fingerprint density at radius 2 is 1.71 bits per heavy atom. The van der Waals surface area contributed by atoms with Gasteiger partial charge in [-0.15, -0.1) is 0 Å². The van der Waals surface area contributed by atoms with Gasteiger partial charge in [-0.3, -0.25) is 0 Å². The van der Waals surface area contributed by atoms with E-state index < -0.39 is 35.1 Å². The lowest BCUT2D eigenvalue weighted by atomic mass is 9.98. The van der Waals surface area contributed by atoms with Crippen LogP contribution in [0.5, 0.6) is 0 Å². The molecule has 116 valence electrons. The Balaban J connectivity index is 3.22. The van der Waals surface area contributed by atoms with E-state index in [2.05, 4.69) is 0 Å². The highest BCUT2D eigenvalue weighted by Crippen LogP contribution is 2.33. The number of hydrogen-bond donors (Lipinski definition) is 2. The van der Waals surface area contributed by atoms with Crippen molar-refractivity contribution in [1.82, 2.24) is 0 Å². The number of esters is 1. The molecule has 0 bridgehead atoms. The summed E-state index contributed by atoms with van der Waals surface area (Å²) in [7, 11) is 0. The molecule has 0 spiro atoms. The van der Waals surface area contributed by atoms with Gasteiger partial charge in [-0.25, -0.2) is 9.59 Å². The highest BCUT2D eigenvalue weighted by molar-refractivity contribution is 5.92. The number of carbonyl (C=O) groups excluding carboxylic acids is 1. The van der Waals surface area contributed by atoms with E-state index in [0.717, 1.165) is 6.07 Å². The lowest BCUT2D eigenvalue weighted by Crippen LogP contribution is -2.36. The Kier molecular flexibility index (Phi) is 4.68. The summed E-state index contributed by atoms with van der Waals surface area (Å²) in [6, 6.07) is 4.95. The maximum absolute atomic E-state index is 13.4. The highest BCUT2D eigenvalue weighted by Gasteiger charge is 2.48. The molecular formula is C14H16F2O5. The van der Waals surface area contributed by atoms with Crippen molar-refractivity contribution in [3.63, 3.8) is 0 Å². The van der Waals surface area contributed by atoms with Crippen LogP contribution in [0.1, 0.15) is 42.8 Å². The molecule has 0 amide bonds. The molecule has 5 nitrogen and oxygen atoms in total. The minimum atomic E-state index is -4.42. The second-order valence-corrected chi connectivity index (χ2v) is 5.42. The Morgan fingerprint density at radius 1 is 1.19 bits per heavy atom. The van der Waals surface area contributed by atoms with Crippen LogP contribution in [0.3, 0.4) is 0 Å². The molecule has 0 aromatic heterocycles. The molecule has 0 saturated heterocycles. The lowest BCUT2D eigenvalue weighted by Gasteiger charge is -2.23. The first-order chi connectivity index (χ1) is 9.47. The monoisotopic (exact) mass is 302 g/mol. The maximum Gasteiger partial charge on any atom is 0.377 e. The van der Waals surface area contributed by atoms with Gasteiger partial charge in [-0.05, 0) is 26.8 Å². The smallest absolute Gasteiger partial charge is 0.377 e. The Labute approximate surface area is 120 Å². The molecule has 1 rings (SSSR count). The quantitative estimate of drug-likeness (QED) is 0.834. The molecule has 7 heteroatoms. The first-order valence-corrected chi connectivity index (χ1v) is 6.08. The van der Waals surface area contributed by atoms with Crippen LogP contribution in [0.4, 0.5) is 8.78 Å². The van der Waals surface area contributed by atoms with E-state index >= 15 is 0 Å². The average molecular weight is 302 g/mol. The number of aliphatic hydroxyl groups is 1. The molecule has 0 radical (unpaired) electrons. The summed E-state index contributed by atoms with van der Waals surface area (Å²) in [5, 5.41) is 18.1. The SMILES string of the molecule is CC(C)(C)OC(=O)c1ccccc1C(O)C(F)(F)C(=O)O. The Morgan fingerprint density at radius 3 is 2.19 bits per heavy atom. The van der Waals surface area contributed by atoms with Gasteiger partial charge in [-0.2, -0.15) is 8.78 Å². The third kappa shape index (κ3) is 3.98. The number of rotatable bonds is 4. The fraction of sp³-hybridized carbons (Fsp3) is 0.429. The van der Waals surface area contributed by atoms with Gasteiger partial charge in [0.2, 0.25) is 0 Å². The minimum absolute atomic E-state index is 0.305. The lowest BCUT2D eigenvalue weighted by molar-refractivity contribution is -0.183. The average Bonchev–Trinajstić information content (AvgIpc) is 2.35. The van der Waals surface area contributed by atoms with E-state index in [0.29, 0.717) is 0 Å². The van der Waals surface area contributed by atoms with Crippen LogP contribution >= 0.6 is 0 Å². The van der Waals surface area contributed by atoms with Gasteiger partial charge in [0.25, 0.3) is 0 Å². The number of aliphatic carboxylic acids is 1. The van der Waals surface area contributed by atoms with Gasteiger partial charge in [-0.1, -0.05) is 18.2 Å². The third-order valence-corrected chi connectivity index (χ3v) is 2.50. The maximum atomic E-state index is 13.4. The molecule has 2 N–H and O–H groups in total. The topological polar surface area (TPSA) is 83.8 Å². The van der Waals surface area contributed by atoms with Crippen LogP contribution < -0.4 is 0 Å². The second-order valence-electron chi connectivity index (χ2n) is 5.42. The van der Waals surface area contributed by atoms with Crippen LogP contribution in [0.2, 0.25) is 0 Å². The van der Waals surface area contributed by atoms with E-state index in [1.54, 1.807) is 20.8 Å². The third-order valence-electron chi connectivity index (χ3n) is 2.50. The molecule has 0 saturated carbocycles. The van der Waals surface area contributed by atoms with E-state index in [1.165, 1.54) is 18.2 Å². The van der Waals surface area contributed by atoms with E-state index in [9.17, 15) is 23.5 Å². The number of benzene rings is 1. The van der Waals surface area contributed by atoms with Crippen LogP contribution in [0.15, 0.2) is 24.3 Å². The number of carbonyl (C=O) groups is 2.